The van der Waals surface area contributed by atoms with E-state index in [-0.39, 0.29) is 23.4 Å². The standard InChI is InChI=1S/C16H19N7O4/c1-2-27-16(24)22-8-6-21(7-9-22)15-13(23(25)26)14(18-11-19-15)20-12-4-3-5-17-10-12/h3-5,10-11H,2,6-9H2,1H3,(H,18,19,20). The molecule has 1 fully saturated rings. The molecule has 1 saturated heterocycles. The molecule has 1 N–H and O–H groups in total. The predicted octanol–water partition coefficient (Wildman–Crippen LogP) is 1.80. The molecule has 1 aliphatic heterocycles. The van der Waals surface area contributed by atoms with Crippen molar-refractivity contribution in [1.29, 1.82) is 0 Å². The smallest absolute Gasteiger partial charge is 0.409 e. The number of carbonyl (C=O) groups is 1. The van der Waals surface area contributed by atoms with Gasteiger partial charge in [-0.2, -0.15) is 0 Å². The van der Waals surface area contributed by atoms with Crippen LogP contribution in [-0.2, 0) is 4.74 Å². The van der Waals surface area contributed by atoms with Crippen molar-refractivity contribution in [2.75, 3.05) is 43.0 Å². The molecule has 142 valence electrons. The van der Waals surface area contributed by atoms with Crippen molar-refractivity contribution in [3.05, 3.63) is 41.0 Å². The molecule has 0 bridgehead atoms. The van der Waals surface area contributed by atoms with Gasteiger partial charge in [0.05, 0.1) is 23.4 Å². The van der Waals surface area contributed by atoms with Crippen molar-refractivity contribution in [2.24, 2.45) is 0 Å². The van der Waals surface area contributed by atoms with Gasteiger partial charge in [0.2, 0.25) is 11.6 Å². The lowest BCUT2D eigenvalue weighted by Gasteiger charge is -2.34. The number of hydrogen-bond acceptors (Lipinski definition) is 9. The highest BCUT2D eigenvalue weighted by molar-refractivity contribution is 5.74. The summed E-state index contributed by atoms with van der Waals surface area (Å²) in [6.07, 6.45) is 4.05. The van der Waals surface area contributed by atoms with Crippen molar-refractivity contribution in [3.63, 3.8) is 0 Å². The first-order valence-electron chi connectivity index (χ1n) is 8.43. The third-order valence-electron chi connectivity index (χ3n) is 4.02. The Hall–Kier alpha value is -3.50. The zero-order valence-electron chi connectivity index (χ0n) is 14.7. The summed E-state index contributed by atoms with van der Waals surface area (Å²) in [7, 11) is 0. The molecule has 2 aromatic rings. The molecule has 2 aromatic heterocycles. The summed E-state index contributed by atoms with van der Waals surface area (Å²) in [5.74, 6) is 0.302. The normalized spacial score (nSPS) is 14.0. The molecule has 11 nitrogen and oxygen atoms in total. The zero-order valence-corrected chi connectivity index (χ0v) is 14.7. The first kappa shape index (κ1) is 18.3. The van der Waals surface area contributed by atoms with E-state index in [1.165, 1.54) is 6.33 Å². The Morgan fingerprint density at radius 1 is 1.33 bits per heavy atom. The van der Waals surface area contributed by atoms with E-state index in [0.29, 0.717) is 38.5 Å². The van der Waals surface area contributed by atoms with E-state index in [1.54, 1.807) is 41.2 Å². The zero-order chi connectivity index (χ0) is 19.2. The minimum atomic E-state index is -0.508. The molecule has 0 aliphatic carbocycles. The number of ether oxygens (including phenoxy) is 1. The van der Waals surface area contributed by atoms with E-state index in [0.717, 1.165) is 0 Å². The Bertz CT molecular complexity index is 810. The van der Waals surface area contributed by atoms with E-state index in [1.807, 2.05) is 0 Å². The summed E-state index contributed by atoms with van der Waals surface area (Å²) in [5.41, 5.74) is 0.364. The van der Waals surface area contributed by atoms with Crippen molar-refractivity contribution >= 4 is 29.1 Å². The van der Waals surface area contributed by atoms with Gasteiger partial charge in [0.15, 0.2) is 0 Å². The van der Waals surface area contributed by atoms with Gasteiger partial charge in [0.1, 0.15) is 6.33 Å². The van der Waals surface area contributed by atoms with Gasteiger partial charge < -0.3 is 19.9 Å². The first-order valence-corrected chi connectivity index (χ1v) is 8.43. The lowest BCUT2D eigenvalue weighted by molar-refractivity contribution is -0.383. The van der Waals surface area contributed by atoms with E-state index in [2.05, 4.69) is 20.3 Å². The molecule has 0 radical (unpaired) electrons. The quantitative estimate of drug-likeness (QED) is 0.616. The Labute approximate surface area is 155 Å². The summed E-state index contributed by atoms with van der Waals surface area (Å²) in [5, 5.41) is 14.6. The number of piperazine rings is 1. The molecule has 1 amide bonds. The average molecular weight is 373 g/mol. The molecular formula is C16H19N7O4. The van der Waals surface area contributed by atoms with Crippen LogP contribution in [0.2, 0.25) is 0 Å². The van der Waals surface area contributed by atoms with Gasteiger partial charge in [-0.3, -0.25) is 15.1 Å². The summed E-state index contributed by atoms with van der Waals surface area (Å²) >= 11 is 0. The van der Waals surface area contributed by atoms with Crippen LogP contribution in [0.5, 0.6) is 0 Å². The van der Waals surface area contributed by atoms with E-state index in [4.69, 9.17) is 4.74 Å². The molecule has 0 aromatic carbocycles. The second kappa shape index (κ2) is 8.25. The van der Waals surface area contributed by atoms with Crippen LogP contribution in [0.4, 0.5) is 27.8 Å². The summed E-state index contributed by atoms with van der Waals surface area (Å²) < 4.78 is 4.99. The molecule has 0 saturated carbocycles. The van der Waals surface area contributed by atoms with Gasteiger partial charge in [-0.1, -0.05) is 0 Å². The van der Waals surface area contributed by atoms with Crippen LogP contribution in [0.25, 0.3) is 0 Å². The molecule has 27 heavy (non-hydrogen) atoms. The molecule has 3 heterocycles. The van der Waals surface area contributed by atoms with E-state index in [9.17, 15) is 14.9 Å². The van der Waals surface area contributed by atoms with Gasteiger partial charge in [-0.05, 0) is 19.1 Å². The molecule has 11 heteroatoms. The Morgan fingerprint density at radius 2 is 2.11 bits per heavy atom. The van der Waals surface area contributed by atoms with Crippen LogP contribution in [0.15, 0.2) is 30.9 Å². The number of anilines is 3. The van der Waals surface area contributed by atoms with Crippen LogP contribution < -0.4 is 10.2 Å². The highest BCUT2D eigenvalue weighted by Crippen LogP contribution is 2.33. The second-order valence-electron chi connectivity index (χ2n) is 5.69. The Morgan fingerprint density at radius 3 is 2.74 bits per heavy atom. The predicted molar refractivity (Wildman–Crippen MR) is 97.0 cm³/mol. The molecule has 0 unspecified atom stereocenters. The number of nitrogens with zero attached hydrogens (tertiary/aromatic N) is 6. The van der Waals surface area contributed by atoms with Gasteiger partial charge in [-0.25, -0.2) is 14.8 Å². The third-order valence-corrected chi connectivity index (χ3v) is 4.02. The Balaban J connectivity index is 1.81. The number of aromatic nitrogens is 3. The Kier molecular flexibility index (Phi) is 5.59. The number of nitrogens with one attached hydrogen (secondary N) is 1. The fraction of sp³-hybridized carbons (Fsp3) is 0.375. The molecule has 0 atom stereocenters. The SMILES string of the molecule is CCOC(=O)N1CCN(c2ncnc(Nc3cccnc3)c2[N+](=O)[O-])CC1. The number of amides is 1. The monoisotopic (exact) mass is 373 g/mol. The third kappa shape index (κ3) is 4.19. The van der Waals surface area contributed by atoms with Gasteiger partial charge in [0.25, 0.3) is 0 Å². The highest BCUT2D eigenvalue weighted by Gasteiger charge is 2.30. The van der Waals surface area contributed by atoms with Crippen molar-refractivity contribution in [1.82, 2.24) is 19.9 Å². The van der Waals surface area contributed by atoms with Crippen molar-refractivity contribution < 1.29 is 14.5 Å². The van der Waals surface area contributed by atoms with Crippen molar-refractivity contribution in [2.45, 2.75) is 6.92 Å². The fourth-order valence-corrected chi connectivity index (χ4v) is 2.75. The maximum absolute atomic E-state index is 11.8. The summed E-state index contributed by atoms with van der Waals surface area (Å²) in [4.78, 5) is 38.4. The topological polar surface area (TPSA) is 127 Å². The second-order valence-corrected chi connectivity index (χ2v) is 5.69. The van der Waals surface area contributed by atoms with E-state index >= 15 is 0 Å². The largest absolute Gasteiger partial charge is 0.450 e. The van der Waals surface area contributed by atoms with Crippen LogP contribution >= 0.6 is 0 Å². The maximum atomic E-state index is 11.8. The van der Waals surface area contributed by atoms with E-state index < -0.39 is 4.92 Å². The number of pyridine rings is 1. The lowest BCUT2D eigenvalue weighted by Crippen LogP contribution is -2.49. The highest BCUT2D eigenvalue weighted by atomic mass is 16.6. The fourth-order valence-electron chi connectivity index (χ4n) is 2.75. The summed E-state index contributed by atoms with van der Waals surface area (Å²) in [6, 6.07) is 3.45. The van der Waals surface area contributed by atoms with Gasteiger partial charge in [0, 0.05) is 32.4 Å². The summed E-state index contributed by atoms with van der Waals surface area (Å²) in [6.45, 7) is 3.65. The van der Waals surface area contributed by atoms with Gasteiger partial charge >= 0.3 is 11.8 Å². The number of hydrogen-bond donors (Lipinski definition) is 1. The maximum Gasteiger partial charge on any atom is 0.409 e. The number of carbonyl (C=O) groups excluding carboxylic acids is 1. The lowest BCUT2D eigenvalue weighted by atomic mass is 10.3. The van der Waals surface area contributed by atoms with Crippen LogP contribution in [-0.4, -0.2) is 63.7 Å². The van der Waals surface area contributed by atoms with Gasteiger partial charge in [-0.15, -0.1) is 0 Å². The molecule has 1 aliphatic rings. The number of nitro groups is 1. The number of rotatable bonds is 5. The average Bonchev–Trinajstić information content (AvgIpc) is 2.69. The molecular weight excluding hydrogens is 354 g/mol. The van der Waals surface area contributed by atoms with Crippen LogP contribution in [0, 0.1) is 10.1 Å². The van der Waals surface area contributed by atoms with Crippen LogP contribution in [0.1, 0.15) is 6.92 Å². The van der Waals surface area contributed by atoms with Crippen LogP contribution in [0.3, 0.4) is 0 Å². The minimum Gasteiger partial charge on any atom is -0.450 e. The molecule has 0 spiro atoms. The first-order chi connectivity index (χ1) is 13.1. The molecule has 3 rings (SSSR count). The van der Waals surface area contributed by atoms with Crippen molar-refractivity contribution in [3.8, 4) is 0 Å². The minimum absolute atomic E-state index is 0.0887.